The molecule has 0 aliphatic carbocycles. The van der Waals surface area contributed by atoms with Gasteiger partial charge in [0, 0.05) is 18.8 Å². The lowest BCUT2D eigenvalue weighted by Gasteiger charge is -2.10. The normalized spacial score (nSPS) is 10.0. The molecule has 0 aromatic carbocycles. The summed E-state index contributed by atoms with van der Waals surface area (Å²) in [5.74, 6) is 0.709. The zero-order valence-corrected chi connectivity index (χ0v) is 9.10. The summed E-state index contributed by atoms with van der Waals surface area (Å²) in [6.07, 6.45) is 2.55. The molecule has 4 nitrogen and oxygen atoms in total. The van der Waals surface area contributed by atoms with E-state index >= 15 is 0 Å². The molecular weight excluding hydrogens is 190 g/mol. The number of aromatic nitrogens is 1. The van der Waals surface area contributed by atoms with Crippen molar-refractivity contribution in [1.82, 2.24) is 9.88 Å². The second-order valence-corrected chi connectivity index (χ2v) is 3.49. The Balaban J connectivity index is 2.35. The summed E-state index contributed by atoms with van der Waals surface area (Å²) in [6, 6.07) is 5.39. The molecule has 0 aliphatic rings. The Morgan fingerprint density at radius 3 is 3.00 bits per heavy atom. The van der Waals surface area contributed by atoms with Crippen LogP contribution in [0.4, 0.5) is 0 Å². The molecule has 1 aromatic rings. The van der Waals surface area contributed by atoms with Crippen LogP contribution in [0.25, 0.3) is 0 Å². The Labute approximate surface area is 90.1 Å². The first kappa shape index (κ1) is 11.5. The Morgan fingerprint density at radius 2 is 2.33 bits per heavy atom. The van der Waals surface area contributed by atoms with Gasteiger partial charge in [0.1, 0.15) is 17.5 Å². The monoisotopic (exact) mass is 205 g/mol. The van der Waals surface area contributed by atoms with Crippen molar-refractivity contribution in [1.29, 1.82) is 5.26 Å². The van der Waals surface area contributed by atoms with Gasteiger partial charge in [-0.05, 0) is 26.6 Å². The smallest absolute Gasteiger partial charge is 0.144 e. The first-order chi connectivity index (χ1) is 7.22. The van der Waals surface area contributed by atoms with E-state index in [4.69, 9.17) is 10.00 Å². The van der Waals surface area contributed by atoms with Gasteiger partial charge >= 0.3 is 0 Å². The average Bonchev–Trinajstić information content (AvgIpc) is 2.24. The summed E-state index contributed by atoms with van der Waals surface area (Å²) in [5.41, 5.74) is 0.389. The Morgan fingerprint density at radius 1 is 1.53 bits per heavy atom. The fourth-order valence-electron chi connectivity index (χ4n) is 1.13. The van der Waals surface area contributed by atoms with Crippen LogP contribution in [0, 0.1) is 11.3 Å². The number of nitrogens with zero attached hydrogens (tertiary/aromatic N) is 3. The van der Waals surface area contributed by atoms with Crippen LogP contribution in [0.15, 0.2) is 18.3 Å². The van der Waals surface area contributed by atoms with Gasteiger partial charge < -0.3 is 9.64 Å². The van der Waals surface area contributed by atoms with Crippen molar-refractivity contribution >= 4 is 0 Å². The second kappa shape index (κ2) is 5.99. The molecule has 0 radical (unpaired) electrons. The number of hydrogen-bond donors (Lipinski definition) is 0. The van der Waals surface area contributed by atoms with E-state index in [1.807, 2.05) is 20.2 Å². The van der Waals surface area contributed by atoms with Gasteiger partial charge in [-0.15, -0.1) is 0 Å². The van der Waals surface area contributed by atoms with Crippen molar-refractivity contribution in [2.24, 2.45) is 0 Å². The van der Waals surface area contributed by atoms with E-state index in [9.17, 15) is 0 Å². The number of nitriles is 1. The van der Waals surface area contributed by atoms with Crippen LogP contribution in [0.1, 0.15) is 12.1 Å². The van der Waals surface area contributed by atoms with Crippen LogP contribution in [0.5, 0.6) is 5.75 Å². The molecule has 1 aromatic heterocycles. The summed E-state index contributed by atoms with van der Waals surface area (Å²) in [5, 5.41) is 8.63. The molecule has 0 bridgehead atoms. The van der Waals surface area contributed by atoms with E-state index < -0.39 is 0 Å². The van der Waals surface area contributed by atoms with Crippen molar-refractivity contribution in [3.63, 3.8) is 0 Å². The van der Waals surface area contributed by atoms with Crippen molar-refractivity contribution in [2.45, 2.75) is 6.42 Å². The molecule has 0 aliphatic heterocycles. The highest BCUT2D eigenvalue weighted by Gasteiger charge is 1.97. The fraction of sp³-hybridized carbons (Fsp3) is 0.455. The maximum absolute atomic E-state index is 8.63. The van der Waals surface area contributed by atoms with Gasteiger partial charge in [0.25, 0.3) is 0 Å². The molecule has 0 saturated carbocycles. The first-order valence-corrected chi connectivity index (χ1v) is 4.86. The fourth-order valence-corrected chi connectivity index (χ4v) is 1.13. The molecular formula is C11H15N3O. The van der Waals surface area contributed by atoms with Gasteiger partial charge in [0.05, 0.1) is 6.61 Å². The van der Waals surface area contributed by atoms with Crippen LogP contribution in [-0.2, 0) is 0 Å². The Hall–Kier alpha value is -1.60. The maximum atomic E-state index is 8.63. The third-order valence-electron chi connectivity index (χ3n) is 1.86. The summed E-state index contributed by atoms with van der Waals surface area (Å²) in [6.45, 7) is 1.66. The Bertz CT molecular complexity index is 344. The molecule has 80 valence electrons. The van der Waals surface area contributed by atoms with Crippen molar-refractivity contribution in [3.05, 3.63) is 24.0 Å². The van der Waals surface area contributed by atoms with E-state index in [-0.39, 0.29) is 0 Å². The van der Waals surface area contributed by atoms with E-state index in [1.165, 1.54) is 0 Å². The molecule has 0 amide bonds. The van der Waals surface area contributed by atoms with Gasteiger partial charge in [0.15, 0.2) is 0 Å². The summed E-state index contributed by atoms with van der Waals surface area (Å²) in [7, 11) is 4.06. The number of rotatable bonds is 5. The van der Waals surface area contributed by atoms with Gasteiger partial charge in [0.2, 0.25) is 0 Å². The van der Waals surface area contributed by atoms with E-state index in [2.05, 4.69) is 9.88 Å². The number of pyridine rings is 1. The van der Waals surface area contributed by atoms with Gasteiger partial charge in [-0.25, -0.2) is 4.98 Å². The largest absolute Gasteiger partial charge is 0.493 e. The summed E-state index contributed by atoms with van der Waals surface area (Å²) in [4.78, 5) is 5.97. The van der Waals surface area contributed by atoms with E-state index in [0.717, 1.165) is 13.0 Å². The topological polar surface area (TPSA) is 49.1 Å². The zero-order valence-electron chi connectivity index (χ0n) is 9.10. The van der Waals surface area contributed by atoms with Crippen molar-refractivity contribution in [3.8, 4) is 11.8 Å². The lowest BCUT2D eigenvalue weighted by molar-refractivity contribution is 0.281. The molecule has 0 N–H and O–H groups in total. The highest BCUT2D eigenvalue weighted by Crippen LogP contribution is 2.10. The highest BCUT2D eigenvalue weighted by atomic mass is 16.5. The molecule has 1 heterocycles. The minimum atomic E-state index is 0.389. The number of ether oxygens (including phenoxy) is 1. The summed E-state index contributed by atoms with van der Waals surface area (Å²) >= 11 is 0. The van der Waals surface area contributed by atoms with Crippen molar-refractivity contribution in [2.75, 3.05) is 27.2 Å². The van der Waals surface area contributed by atoms with Crippen LogP contribution in [0.2, 0.25) is 0 Å². The molecule has 0 unspecified atom stereocenters. The molecule has 0 spiro atoms. The third kappa shape index (κ3) is 4.43. The molecule has 0 saturated heterocycles. The average molecular weight is 205 g/mol. The Kier molecular flexibility index (Phi) is 4.58. The molecule has 1 rings (SSSR count). The zero-order chi connectivity index (χ0) is 11.1. The molecule has 4 heteroatoms. The maximum Gasteiger partial charge on any atom is 0.144 e. The second-order valence-electron chi connectivity index (χ2n) is 3.49. The predicted octanol–water partition coefficient (Wildman–Crippen LogP) is 1.28. The minimum Gasteiger partial charge on any atom is -0.493 e. The van der Waals surface area contributed by atoms with Gasteiger partial charge in [-0.3, -0.25) is 0 Å². The quantitative estimate of drug-likeness (QED) is 0.679. The molecule has 15 heavy (non-hydrogen) atoms. The van der Waals surface area contributed by atoms with Crippen molar-refractivity contribution < 1.29 is 4.74 Å². The van der Waals surface area contributed by atoms with Crippen LogP contribution in [-0.4, -0.2) is 37.1 Å². The highest BCUT2D eigenvalue weighted by molar-refractivity contribution is 5.29. The van der Waals surface area contributed by atoms with Crippen LogP contribution in [0.3, 0.4) is 0 Å². The lowest BCUT2D eigenvalue weighted by Crippen LogP contribution is -2.15. The molecule has 0 fully saturated rings. The first-order valence-electron chi connectivity index (χ1n) is 4.86. The van der Waals surface area contributed by atoms with Crippen LogP contribution >= 0.6 is 0 Å². The van der Waals surface area contributed by atoms with E-state index in [0.29, 0.717) is 18.1 Å². The standard InChI is InChI=1S/C11H15N3O/c1-14(2)6-3-7-15-11-4-5-13-10(8-11)9-12/h4-5,8H,3,6-7H2,1-2H3. The lowest BCUT2D eigenvalue weighted by atomic mass is 10.3. The predicted molar refractivity (Wildman–Crippen MR) is 57.6 cm³/mol. The molecule has 0 atom stereocenters. The van der Waals surface area contributed by atoms with Gasteiger partial charge in [-0.2, -0.15) is 5.26 Å². The SMILES string of the molecule is CN(C)CCCOc1ccnc(C#N)c1. The van der Waals surface area contributed by atoms with Gasteiger partial charge in [-0.1, -0.05) is 0 Å². The third-order valence-corrected chi connectivity index (χ3v) is 1.86. The number of hydrogen-bond acceptors (Lipinski definition) is 4. The van der Waals surface area contributed by atoms with Crippen LogP contribution < -0.4 is 4.74 Å². The summed E-state index contributed by atoms with van der Waals surface area (Å²) < 4.78 is 5.48. The van der Waals surface area contributed by atoms with E-state index in [1.54, 1.807) is 18.3 Å². The minimum absolute atomic E-state index is 0.389.